The molecule has 0 bridgehead atoms. The number of rotatable bonds is 3. The second kappa shape index (κ2) is 4.86. The van der Waals surface area contributed by atoms with Gasteiger partial charge in [0, 0.05) is 7.05 Å². The average molecular weight is 214 g/mol. The van der Waals surface area contributed by atoms with Gasteiger partial charge in [-0.25, -0.2) is 0 Å². The van der Waals surface area contributed by atoms with Crippen LogP contribution in [0.25, 0.3) is 0 Å². The van der Waals surface area contributed by atoms with Crippen LogP contribution in [0.3, 0.4) is 0 Å². The van der Waals surface area contributed by atoms with Crippen LogP contribution in [0, 0.1) is 0 Å². The van der Waals surface area contributed by atoms with Gasteiger partial charge in [0.05, 0.1) is 12.8 Å². The lowest BCUT2D eigenvalue weighted by atomic mass is 10.2. The molecule has 0 aromatic heterocycles. The summed E-state index contributed by atoms with van der Waals surface area (Å²) in [6.45, 7) is 0. The molecule has 1 amide bonds. The molecule has 0 saturated carbocycles. The van der Waals surface area contributed by atoms with Gasteiger partial charge in [0.15, 0.2) is 0 Å². The molecule has 0 unspecified atom stereocenters. The molecule has 76 valence electrons. The van der Waals surface area contributed by atoms with Crippen molar-refractivity contribution in [1.82, 2.24) is 0 Å². The standard InChI is InChI=1S/C10H12ClNO2/c1-12(10(13)7-11)8-5-3-4-6-9(8)14-2/h3-6H,7H2,1-2H3. The number of methoxy groups -OCH3 is 1. The minimum atomic E-state index is -0.156. The van der Waals surface area contributed by atoms with Crippen molar-refractivity contribution in [3.05, 3.63) is 24.3 Å². The Kier molecular flexibility index (Phi) is 3.77. The summed E-state index contributed by atoms with van der Waals surface area (Å²) in [5.74, 6) is 0.471. The van der Waals surface area contributed by atoms with Crippen molar-refractivity contribution in [1.29, 1.82) is 0 Å². The van der Waals surface area contributed by atoms with Crippen molar-refractivity contribution in [3.63, 3.8) is 0 Å². The van der Waals surface area contributed by atoms with Crippen LogP contribution < -0.4 is 9.64 Å². The third kappa shape index (κ3) is 2.17. The van der Waals surface area contributed by atoms with Gasteiger partial charge in [-0.2, -0.15) is 0 Å². The van der Waals surface area contributed by atoms with Gasteiger partial charge in [-0.05, 0) is 12.1 Å². The van der Waals surface area contributed by atoms with Gasteiger partial charge in [0.2, 0.25) is 5.91 Å². The molecule has 0 aliphatic rings. The molecule has 0 atom stereocenters. The maximum atomic E-state index is 11.3. The number of hydrogen-bond donors (Lipinski definition) is 0. The number of amides is 1. The quantitative estimate of drug-likeness (QED) is 0.718. The van der Waals surface area contributed by atoms with Gasteiger partial charge >= 0.3 is 0 Å². The van der Waals surface area contributed by atoms with Gasteiger partial charge in [-0.3, -0.25) is 4.79 Å². The zero-order valence-corrected chi connectivity index (χ0v) is 8.91. The van der Waals surface area contributed by atoms with E-state index < -0.39 is 0 Å². The molecule has 1 aromatic rings. The predicted octanol–water partition coefficient (Wildman–Crippen LogP) is 1.90. The van der Waals surface area contributed by atoms with E-state index in [4.69, 9.17) is 16.3 Å². The summed E-state index contributed by atoms with van der Waals surface area (Å²) in [6, 6.07) is 7.30. The Hall–Kier alpha value is -1.22. The van der Waals surface area contributed by atoms with Crippen molar-refractivity contribution in [2.75, 3.05) is 24.9 Å². The average Bonchev–Trinajstić information content (AvgIpc) is 2.26. The molecular weight excluding hydrogens is 202 g/mol. The van der Waals surface area contributed by atoms with E-state index in [0.29, 0.717) is 5.75 Å². The Labute approximate surface area is 88.2 Å². The highest BCUT2D eigenvalue weighted by molar-refractivity contribution is 6.29. The summed E-state index contributed by atoms with van der Waals surface area (Å²) in [4.78, 5) is 12.8. The van der Waals surface area contributed by atoms with E-state index in [9.17, 15) is 4.79 Å². The summed E-state index contributed by atoms with van der Waals surface area (Å²) in [5.41, 5.74) is 0.723. The van der Waals surface area contributed by atoms with Gasteiger partial charge < -0.3 is 9.64 Å². The van der Waals surface area contributed by atoms with Gasteiger partial charge in [0.25, 0.3) is 0 Å². The number of benzene rings is 1. The van der Waals surface area contributed by atoms with E-state index in [1.54, 1.807) is 20.2 Å². The molecule has 0 radical (unpaired) electrons. The third-order valence-electron chi connectivity index (χ3n) is 1.93. The van der Waals surface area contributed by atoms with Crippen LogP contribution in [0.2, 0.25) is 0 Å². The largest absolute Gasteiger partial charge is 0.495 e. The Morgan fingerprint density at radius 2 is 2.14 bits per heavy atom. The predicted molar refractivity (Wildman–Crippen MR) is 57.1 cm³/mol. The molecule has 0 heterocycles. The van der Waals surface area contributed by atoms with Crippen molar-refractivity contribution in [3.8, 4) is 5.75 Å². The second-order valence-corrected chi connectivity index (χ2v) is 3.03. The SMILES string of the molecule is COc1ccccc1N(C)C(=O)CCl. The van der Waals surface area contributed by atoms with Crippen LogP contribution >= 0.6 is 11.6 Å². The summed E-state index contributed by atoms with van der Waals surface area (Å²) in [7, 11) is 3.24. The Balaban J connectivity index is 2.99. The summed E-state index contributed by atoms with van der Waals surface area (Å²) in [5, 5.41) is 0. The number of ether oxygens (including phenoxy) is 1. The minimum absolute atomic E-state index is 0.0332. The molecule has 0 N–H and O–H groups in total. The first kappa shape index (κ1) is 10.9. The molecule has 0 aliphatic heterocycles. The van der Waals surface area contributed by atoms with Gasteiger partial charge in [0.1, 0.15) is 11.6 Å². The molecule has 0 saturated heterocycles. The molecule has 0 fully saturated rings. The summed E-state index contributed by atoms with van der Waals surface area (Å²) >= 11 is 5.46. The second-order valence-electron chi connectivity index (χ2n) is 2.76. The van der Waals surface area contributed by atoms with Crippen molar-refractivity contribution in [2.45, 2.75) is 0 Å². The maximum absolute atomic E-state index is 11.3. The summed E-state index contributed by atoms with van der Waals surface area (Å²) < 4.78 is 5.12. The first-order chi connectivity index (χ1) is 6.70. The lowest BCUT2D eigenvalue weighted by Gasteiger charge is -2.18. The highest BCUT2D eigenvalue weighted by Crippen LogP contribution is 2.26. The normalized spacial score (nSPS) is 9.64. The van der Waals surface area contributed by atoms with Crippen LogP contribution in [0.4, 0.5) is 5.69 Å². The topological polar surface area (TPSA) is 29.5 Å². The first-order valence-electron chi connectivity index (χ1n) is 4.16. The number of anilines is 1. The number of halogens is 1. The van der Waals surface area contributed by atoms with E-state index in [1.165, 1.54) is 4.90 Å². The number of carbonyl (C=O) groups excluding carboxylic acids is 1. The van der Waals surface area contributed by atoms with E-state index >= 15 is 0 Å². The molecule has 14 heavy (non-hydrogen) atoms. The van der Waals surface area contributed by atoms with Gasteiger partial charge in [-0.15, -0.1) is 11.6 Å². The van der Waals surface area contributed by atoms with E-state index in [2.05, 4.69) is 0 Å². The lowest BCUT2D eigenvalue weighted by Crippen LogP contribution is -2.27. The van der Waals surface area contributed by atoms with Crippen molar-refractivity contribution < 1.29 is 9.53 Å². The van der Waals surface area contributed by atoms with E-state index in [-0.39, 0.29) is 11.8 Å². The van der Waals surface area contributed by atoms with Gasteiger partial charge in [-0.1, -0.05) is 12.1 Å². The molecule has 1 aromatic carbocycles. The van der Waals surface area contributed by atoms with Crippen molar-refractivity contribution in [2.24, 2.45) is 0 Å². The molecule has 1 rings (SSSR count). The lowest BCUT2D eigenvalue weighted by molar-refractivity contribution is -0.116. The molecule has 0 spiro atoms. The van der Waals surface area contributed by atoms with Crippen LogP contribution in [-0.4, -0.2) is 25.9 Å². The smallest absolute Gasteiger partial charge is 0.241 e. The Bertz CT molecular complexity index is 328. The zero-order valence-electron chi connectivity index (χ0n) is 8.16. The molecule has 0 aliphatic carbocycles. The summed E-state index contributed by atoms with van der Waals surface area (Å²) in [6.07, 6.45) is 0. The highest BCUT2D eigenvalue weighted by Gasteiger charge is 2.12. The molecular formula is C10H12ClNO2. The molecule has 3 nitrogen and oxygen atoms in total. The van der Waals surface area contributed by atoms with Crippen LogP contribution in [0.15, 0.2) is 24.3 Å². The van der Waals surface area contributed by atoms with E-state index in [0.717, 1.165) is 5.69 Å². The maximum Gasteiger partial charge on any atom is 0.241 e. The minimum Gasteiger partial charge on any atom is -0.495 e. The van der Waals surface area contributed by atoms with Crippen LogP contribution in [0.1, 0.15) is 0 Å². The van der Waals surface area contributed by atoms with E-state index in [1.807, 2.05) is 18.2 Å². The number of nitrogens with zero attached hydrogens (tertiary/aromatic N) is 1. The fourth-order valence-electron chi connectivity index (χ4n) is 1.13. The van der Waals surface area contributed by atoms with Crippen LogP contribution in [0.5, 0.6) is 5.75 Å². The Morgan fingerprint density at radius 3 is 2.71 bits per heavy atom. The zero-order chi connectivity index (χ0) is 10.6. The number of carbonyl (C=O) groups is 1. The fourth-order valence-corrected chi connectivity index (χ4v) is 1.31. The molecule has 4 heteroatoms. The fraction of sp³-hybridized carbons (Fsp3) is 0.300. The van der Waals surface area contributed by atoms with Crippen molar-refractivity contribution >= 4 is 23.2 Å². The van der Waals surface area contributed by atoms with Crippen LogP contribution in [-0.2, 0) is 4.79 Å². The highest BCUT2D eigenvalue weighted by atomic mass is 35.5. The number of para-hydroxylation sites is 2. The first-order valence-corrected chi connectivity index (χ1v) is 4.69. The third-order valence-corrected chi connectivity index (χ3v) is 2.16. The monoisotopic (exact) mass is 213 g/mol. The number of alkyl halides is 1. The Morgan fingerprint density at radius 1 is 1.50 bits per heavy atom. The number of hydrogen-bond acceptors (Lipinski definition) is 2.